The zero-order valence-electron chi connectivity index (χ0n) is 14.5. The van der Waals surface area contributed by atoms with E-state index in [2.05, 4.69) is 10.2 Å². The van der Waals surface area contributed by atoms with Crippen LogP contribution in [0.2, 0.25) is 0 Å². The Morgan fingerprint density at radius 2 is 2.08 bits per heavy atom. The fourth-order valence-corrected chi connectivity index (χ4v) is 2.68. The van der Waals surface area contributed by atoms with E-state index in [4.69, 9.17) is 13.9 Å². The number of nitrogens with one attached hydrogen (secondary N) is 1. The minimum atomic E-state index is -0.199. The van der Waals surface area contributed by atoms with E-state index in [0.717, 1.165) is 44.2 Å². The third kappa shape index (κ3) is 5.34. The molecule has 0 saturated carbocycles. The predicted molar refractivity (Wildman–Crippen MR) is 93.8 cm³/mol. The summed E-state index contributed by atoms with van der Waals surface area (Å²) in [4.78, 5) is 14.4. The van der Waals surface area contributed by atoms with Crippen molar-refractivity contribution in [2.24, 2.45) is 0 Å². The largest absolute Gasteiger partial charge is 0.486 e. The topological polar surface area (TPSA) is 63.9 Å². The number of nitrogens with zero attached hydrogens (tertiary/aromatic N) is 1. The number of hydrogen-bond donors (Lipinski definition) is 1. The van der Waals surface area contributed by atoms with Gasteiger partial charge in [0.25, 0.3) is 5.91 Å². The second-order valence-corrected chi connectivity index (χ2v) is 6.08. The number of hydrogen-bond acceptors (Lipinski definition) is 5. The average molecular weight is 344 g/mol. The van der Waals surface area contributed by atoms with Gasteiger partial charge in [0.1, 0.15) is 18.1 Å². The van der Waals surface area contributed by atoms with Crippen molar-refractivity contribution in [3.8, 4) is 5.75 Å². The van der Waals surface area contributed by atoms with Crippen LogP contribution in [0.3, 0.4) is 0 Å². The van der Waals surface area contributed by atoms with Gasteiger partial charge in [-0.1, -0.05) is 12.1 Å². The fourth-order valence-electron chi connectivity index (χ4n) is 2.68. The van der Waals surface area contributed by atoms with Gasteiger partial charge in [0.05, 0.1) is 13.2 Å². The third-order valence-electron chi connectivity index (χ3n) is 4.07. The Morgan fingerprint density at radius 1 is 1.24 bits per heavy atom. The molecule has 6 nitrogen and oxygen atoms in total. The molecule has 134 valence electrons. The Kier molecular flexibility index (Phi) is 6.09. The molecule has 0 spiro atoms. The van der Waals surface area contributed by atoms with E-state index < -0.39 is 0 Å². The molecule has 6 heteroatoms. The fraction of sp³-hybridized carbons (Fsp3) is 0.421. The third-order valence-corrected chi connectivity index (χ3v) is 4.07. The van der Waals surface area contributed by atoms with Crippen molar-refractivity contribution in [2.45, 2.75) is 13.5 Å². The molecular weight excluding hydrogens is 320 g/mol. The Labute approximate surface area is 147 Å². The SMILES string of the molecule is Cc1cccc(OCc2ccc(C(=O)NCCN3CCOCC3)o2)c1. The number of furan rings is 1. The van der Waals surface area contributed by atoms with Crippen molar-refractivity contribution in [3.63, 3.8) is 0 Å². The van der Waals surface area contributed by atoms with Crippen LogP contribution in [-0.4, -0.2) is 50.2 Å². The molecule has 0 unspecified atom stereocenters. The van der Waals surface area contributed by atoms with Crippen molar-refractivity contribution >= 4 is 5.91 Å². The average Bonchev–Trinajstić information content (AvgIpc) is 3.10. The Bertz CT molecular complexity index is 692. The molecule has 1 amide bonds. The monoisotopic (exact) mass is 344 g/mol. The minimum absolute atomic E-state index is 0.199. The molecule has 3 rings (SSSR count). The molecule has 1 aromatic carbocycles. The zero-order chi connectivity index (χ0) is 17.5. The van der Waals surface area contributed by atoms with Crippen LogP contribution in [0.5, 0.6) is 5.75 Å². The van der Waals surface area contributed by atoms with Gasteiger partial charge in [-0.25, -0.2) is 0 Å². The number of benzene rings is 1. The van der Waals surface area contributed by atoms with Crippen molar-refractivity contribution < 1.29 is 18.7 Å². The summed E-state index contributed by atoms with van der Waals surface area (Å²) in [7, 11) is 0. The normalized spacial score (nSPS) is 15.1. The van der Waals surface area contributed by atoms with E-state index in [-0.39, 0.29) is 5.91 Å². The number of amides is 1. The van der Waals surface area contributed by atoms with E-state index >= 15 is 0 Å². The number of morpholine rings is 1. The second kappa shape index (κ2) is 8.69. The minimum Gasteiger partial charge on any atom is -0.486 e. The first kappa shape index (κ1) is 17.5. The summed E-state index contributed by atoms with van der Waals surface area (Å²) in [5, 5.41) is 2.88. The van der Waals surface area contributed by atoms with Crippen LogP contribution in [0.15, 0.2) is 40.8 Å². The van der Waals surface area contributed by atoms with Crippen LogP contribution in [0, 0.1) is 6.92 Å². The van der Waals surface area contributed by atoms with E-state index in [1.54, 1.807) is 12.1 Å². The van der Waals surface area contributed by atoms with Crippen LogP contribution in [0.4, 0.5) is 0 Å². The number of rotatable bonds is 7. The van der Waals surface area contributed by atoms with Gasteiger partial charge in [0.2, 0.25) is 0 Å². The van der Waals surface area contributed by atoms with Crippen LogP contribution in [-0.2, 0) is 11.3 Å². The van der Waals surface area contributed by atoms with E-state index in [1.807, 2.05) is 31.2 Å². The molecule has 0 aliphatic carbocycles. The van der Waals surface area contributed by atoms with Crippen LogP contribution in [0.25, 0.3) is 0 Å². The molecule has 1 saturated heterocycles. The van der Waals surface area contributed by atoms with Crippen molar-refractivity contribution in [3.05, 3.63) is 53.5 Å². The van der Waals surface area contributed by atoms with Crippen molar-refractivity contribution in [2.75, 3.05) is 39.4 Å². The number of aryl methyl sites for hydroxylation is 1. The quantitative estimate of drug-likeness (QED) is 0.834. The lowest BCUT2D eigenvalue weighted by Crippen LogP contribution is -2.41. The number of carbonyl (C=O) groups is 1. The highest BCUT2D eigenvalue weighted by Gasteiger charge is 2.13. The van der Waals surface area contributed by atoms with Crippen molar-refractivity contribution in [1.82, 2.24) is 10.2 Å². The maximum Gasteiger partial charge on any atom is 0.287 e. The van der Waals surface area contributed by atoms with E-state index in [0.29, 0.717) is 24.7 Å². The number of carbonyl (C=O) groups excluding carboxylic acids is 1. The Morgan fingerprint density at radius 3 is 2.88 bits per heavy atom. The highest BCUT2D eigenvalue weighted by molar-refractivity contribution is 5.91. The van der Waals surface area contributed by atoms with Gasteiger partial charge in [-0.15, -0.1) is 0 Å². The highest BCUT2D eigenvalue weighted by atomic mass is 16.5. The lowest BCUT2D eigenvalue weighted by Gasteiger charge is -2.26. The molecule has 1 aromatic heterocycles. The molecule has 0 radical (unpaired) electrons. The zero-order valence-corrected chi connectivity index (χ0v) is 14.5. The molecule has 0 atom stereocenters. The summed E-state index contributed by atoms with van der Waals surface area (Å²) in [6.45, 7) is 7.07. The highest BCUT2D eigenvalue weighted by Crippen LogP contribution is 2.16. The van der Waals surface area contributed by atoms with E-state index in [9.17, 15) is 4.79 Å². The van der Waals surface area contributed by atoms with Gasteiger partial charge in [-0.3, -0.25) is 9.69 Å². The molecule has 1 N–H and O–H groups in total. The van der Waals surface area contributed by atoms with Crippen LogP contribution < -0.4 is 10.1 Å². The molecule has 1 aliphatic heterocycles. The van der Waals surface area contributed by atoms with Gasteiger partial charge in [0, 0.05) is 26.2 Å². The van der Waals surface area contributed by atoms with Gasteiger partial charge in [0.15, 0.2) is 5.76 Å². The summed E-state index contributed by atoms with van der Waals surface area (Å²) in [5.74, 6) is 1.52. The first-order valence-corrected chi connectivity index (χ1v) is 8.57. The Balaban J connectivity index is 1.43. The molecule has 0 bridgehead atoms. The second-order valence-electron chi connectivity index (χ2n) is 6.08. The van der Waals surface area contributed by atoms with Gasteiger partial charge in [-0.05, 0) is 36.8 Å². The van der Waals surface area contributed by atoms with E-state index in [1.165, 1.54) is 0 Å². The molecule has 1 aliphatic rings. The maximum absolute atomic E-state index is 12.1. The summed E-state index contributed by atoms with van der Waals surface area (Å²) < 4.78 is 16.6. The van der Waals surface area contributed by atoms with Crippen molar-refractivity contribution in [1.29, 1.82) is 0 Å². The standard InChI is InChI=1S/C19H24N2O4/c1-15-3-2-4-16(13-15)24-14-17-5-6-18(25-17)19(22)20-7-8-21-9-11-23-12-10-21/h2-6,13H,7-12,14H2,1H3,(H,20,22). The molecule has 1 fully saturated rings. The van der Waals surface area contributed by atoms with Gasteiger partial charge in [-0.2, -0.15) is 0 Å². The molecule has 2 heterocycles. The van der Waals surface area contributed by atoms with Gasteiger partial charge < -0.3 is 19.2 Å². The smallest absolute Gasteiger partial charge is 0.287 e. The van der Waals surface area contributed by atoms with Gasteiger partial charge >= 0.3 is 0 Å². The maximum atomic E-state index is 12.1. The lowest BCUT2D eigenvalue weighted by atomic mass is 10.2. The summed E-state index contributed by atoms with van der Waals surface area (Å²) in [6, 6.07) is 11.3. The summed E-state index contributed by atoms with van der Waals surface area (Å²) >= 11 is 0. The van der Waals surface area contributed by atoms with Crippen LogP contribution >= 0.6 is 0 Å². The molecule has 2 aromatic rings. The first-order chi connectivity index (χ1) is 12.2. The summed E-state index contributed by atoms with van der Waals surface area (Å²) in [6.07, 6.45) is 0. The van der Waals surface area contributed by atoms with Crippen LogP contribution in [0.1, 0.15) is 21.9 Å². The number of ether oxygens (including phenoxy) is 2. The molecule has 25 heavy (non-hydrogen) atoms. The Hall–Kier alpha value is -2.31. The predicted octanol–water partition coefficient (Wildman–Crippen LogP) is 2.23. The lowest BCUT2D eigenvalue weighted by molar-refractivity contribution is 0.0382. The summed E-state index contributed by atoms with van der Waals surface area (Å²) in [5.41, 5.74) is 1.14. The first-order valence-electron chi connectivity index (χ1n) is 8.57. The molecular formula is C19H24N2O4.